The minimum Gasteiger partial charge on any atom is -0.370 e. The van der Waals surface area contributed by atoms with Crippen LogP contribution in [-0.2, 0) is 12.4 Å². The SMILES string of the molecule is CN(Cc1ccccc1Br)c1ccc([N+](=O)[O-])cc1CCl. The van der Waals surface area contributed by atoms with E-state index >= 15 is 0 Å². The Bertz CT molecular complexity index is 664. The first kappa shape index (κ1) is 15.8. The fraction of sp³-hybridized carbons (Fsp3) is 0.200. The molecule has 0 N–H and O–H groups in total. The Labute approximate surface area is 136 Å². The molecule has 0 heterocycles. The van der Waals surface area contributed by atoms with Crippen LogP contribution in [0.1, 0.15) is 11.1 Å². The molecule has 0 radical (unpaired) electrons. The number of non-ortho nitro benzene ring substituents is 1. The molecule has 110 valence electrons. The van der Waals surface area contributed by atoms with Gasteiger partial charge in [0.1, 0.15) is 0 Å². The largest absolute Gasteiger partial charge is 0.370 e. The number of nitro benzene ring substituents is 1. The van der Waals surface area contributed by atoms with Crippen molar-refractivity contribution in [3.05, 3.63) is 68.2 Å². The van der Waals surface area contributed by atoms with Gasteiger partial charge in [0.05, 0.1) is 4.92 Å². The molecule has 0 aliphatic rings. The zero-order chi connectivity index (χ0) is 15.4. The molecule has 2 aromatic carbocycles. The van der Waals surface area contributed by atoms with E-state index in [4.69, 9.17) is 11.6 Å². The molecule has 0 amide bonds. The first-order chi connectivity index (χ1) is 10.0. The summed E-state index contributed by atoms with van der Waals surface area (Å²) in [5.41, 5.74) is 2.84. The van der Waals surface area contributed by atoms with Gasteiger partial charge in [0.2, 0.25) is 0 Å². The first-order valence-electron chi connectivity index (χ1n) is 6.30. The number of hydrogen-bond acceptors (Lipinski definition) is 3. The number of halogens is 2. The fourth-order valence-electron chi connectivity index (χ4n) is 2.13. The summed E-state index contributed by atoms with van der Waals surface area (Å²) in [6.45, 7) is 0.684. The molecule has 2 rings (SSSR count). The highest BCUT2D eigenvalue weighted by atomic mass is 79.9. The van der Waals surface area contributed by atoms with Crippen LogP contribution >= 0.6 is 27.5 Å². The highest BCUT2D eigenvalue weighted by molar-refractivity contribution is 9.10. The maximum atomic E-state index is 10.8. The van der Waals surface area contributed by atoms with Crippen LogP contribution in [0.25, 0.3) is 0 Å². The number of nitro groups is 1. The van der Waals surface area contributed by atoms with Gasteiger partial charge in [-0.2, -0.15) is 0 Å². The van der Waals surface area contributed by atoms with E-state index in [-0.39, 0.29) is 11.6 Å². The predicted molar refractivity (Wildman–Crippen MR) is 88.9 cm³/mol. The van der Waals surface area contributed by atoms with Gasteiger partial charge < -0.3 is 4.90 Å². The van der Waals surface area contributed by atoms with Crippen LogP contribution in [0.15, 0.2) is 46.9 Å². The van der Waals surface area contributed by atoms with E-state index in [1.54, 1.807) is 6.07 Å². The summed E-state index contributed by atoms with van der Waals surface area (Å²) in [4.78, 5) is 12.4. The van der Waals surface area contributed by atoms with E-state index in [0.717, 1.165) is 21.3 Å². The smallest absolute Gasteiger partial charge is 0.269 e. The van der Waals surface area contributed by atoms with Gasteiger partial charge in [0.15, 0.2) is 0 Å². The Morgan fingerprint density at radius 1 is 1.24 bits per heavy atom. The van der Waals surface area contributed by atoms with E-state index in [1.807, 2.05) is 36.2 Å². The molecular weight excluding hydrogens is 356 g/mol. The van der Waals surface area contributed by atoms with Crippen LogP contribution in [0.4, 0.5) is 11.4 Å². The molecule has 0 unspecified atom stereocenters. The second-order valence-corrected chi connectivity index (χ2v) is 5.77. The van der Waals surface area contributed by atoms with E-state index < -0.39 is 4.92 Å². The molecule has 0 aromatic heterocycles. The predicted octanol–water partition coefficient (Wildman–Crippen LogP) is 4.73. The normalized spacial score (nSPS) is 10.4. The minimum atomic E-state index is -0.409. The second-order valence-electron chi connectivity index (χ2n) is 4.65. The third kappa shape index (κ3) is 3.74. The molecule has 2 aromatic rings. The van der Waals surface area contributed by atoms with Gasteiger partial charge in [0.25, 0.3) is 5.69 Å². The quantitative estimate of drug-likeness (QED) is 0.435. The number of nitrogens with zero attached hydrogens (tertiary/aromatic N) is 2. The van der Waals surface area contributed by atoms with E-state index in [9.17, 15) is 10.1 Å². The van der Waals surface area contributed by atoms with E-state index in [0.29, 0.717) is 6.54 Å². The van der Waals surface area contributed by atoms with Crippen LogP contribution < -0.4 is 4.90 Å². The van der Waals surface area contributed by atoms with E-state index in [2.05, 4.69) is 15.9 Å². The second kappa shape index (κ2) is 6.91. The molecule has 0 bridgehead atoms. The number of rotatable bonds is 5. The number of hydrogen-bond donors (Lipinski definition) is 0. The zero-order valence-corrected chi connectivity index (χ0v) is 13.8. The average molecular weight is 370 g/mol. The van der Waals surface area contributed by atoms with Crippen molar-refractivity contribution in [3.63, 3.8) is 0 Å². The number of anilines is 1. The lowest BCUT2D eigenvalue weighted by Crippen LogP contribution is -2.18. The molecule has 21 heavy (non-hydrogen) atoms. The van der Waals surface area contributed by atoms with E-state index in [1.165, 1.54) is 12.1 Å². The summed E-state index contributed by atoms with van der Waals surface area (Å²) in [7, 11) is 1.94. The molecule has 0 aliphatic carbocycles. The Morgan fingerprint density at radius 2 is 1.95 bits per heavy atom. The van der Waals surface area contributed by atoms with Crippen molar-refractivity contribution in [2.75, 3.05) is 11.9 Å². The lowest BCUT2D eigenvalue weighted by Gasteiger charge is -2.22. The number of benzene rings is 2. The maximum absolute atomic E-state index is 10.8. The van der Waals surface area contributed by atoms with Crippen molar-refractivity contribution in [2.45, 2.75) is 12.4 Å². The topological polar surface area (TPSA) is 46.4 Å². The van der Waals surface area contributed by atoms with Crippen molar-refractivity contribution in [1.82, 2.24) is 0 Å². The molecule has 6 heteroatoms. The van der Waals surface area contributed by atoms with Crippen molar-refractivity contribution in [2.24, 2.45) is 0 Å². The molecule has 0 fully saturated rings. The van der Waals surface area contributed by atoms with Gasteiger partial charge in [-0.3, -0.25) is 10.1 Å². The Balaban J connectivity index is 2.29. The monoisotopic (exact) mass is 368 g/mol. The van der Waals surface area contributed by atoms with Gasteiger partial charge in [0, 0.05) is 41.8 Å². The van der Waals surface area contributed by atoms with Crippen molar-refractivity contribution in [1.29, 1.82) is 0 Å². The zero-order valence-electron chi connectivity index (χ0n) is 11.4. The summed E-state index contributed by atoms with van der Waals surface area (Å²) < 4.78 is 1.03. The fourth-order valence-corrected chi connectivity index (χ4v) is 2.76. The molecule has 0 atom stereocenters. The molecule has 4 nitrogen and oxygen atoms in total. The summed E-state index contributed by atoms with van der Waals surface area (Å²) in [6, 6.07) is 12.7. The molecule has 0 spiro atoms. The summed E-state index contributed by atoms with van der Waals surface area (Å²) >= 11 is 9.45. The standard InChI is InChI=1S/C15H14BrClN2O2/c1-18(10-11-4-2-3-5-14(11)16)15-7-6-13(19(20)21)8-12(15)9-17/h2-8H,9-10H2,1H3. The van der Waals surface area contributed by atoms with Gasteiger partial charge in [-0.05, 0) is 23.3 Å². The van der Waals surface area contributed by atoms with Crippen LogP contribution in [0.2, 0.25) is 0 Å². The van der Waals surface area contributed by atoms with Crippen LogP contribution in [0.3, 0.4) is 0 Å². The van der Waals surface area contributed by atoms with Gasteiger partial charge in [-0.15, -0.1) is 11.6 Å². The average Bonchev–Trinajstić information content (AvgIpc) is 2.48. The van der Waals surface area contributed by atoms with Crippen molar-refractivity contribution in [3.8, 4) is 0 Å². The summed E-state index contributed by atoms with van der Waals surface area (Å²) in [5, 5.41) is 10.8. The number of alkyl halides is 1. The van der Waals surface area contributed by atoms with Crippen molar-refractivity contribution < 1.29 is 4.92 Å². The Kier molecular flexibility index (Phi) is 5.20. The maximum Gasteiger partial charge on any atom is 0.269 e. The molecule has 0 saturated carbocycles. The lowest BCUT2D eigenvalue weighted by atomic mass is 10.1. The summed E-state index contributed by atoms with van der Waals surface area (Å²) in [6.07, 6.45) is 0. The van der Waals surface area contributed by atoms with Crippen LogP contribution in [0.5, 0.6) is 0 Å². The lowest BCUT2D eigenvalue weighted by molar-refractivity contribution is -0.384. The molecular formula is C15H14BrClN2O2. The highest BCUT2D eigenvalue weighted by Gasteiger charge is 2.13. The van der Waals surface area contributed by atoms with Gasteiger partial charge >= 0.3 is 0 Å². The minimum absolute atomic E-state index is 0.0590. The summed E-state index contributed by atoms with van der Waals surface area (Å²) in [5.74, 6) is 0.233. The Morgan fingerprint density at radius 3 is 2.57 bits per heavy atom. The van der Waals surface area contributed by atoms with Gasteiger partial charge in [-0.25, -0.2) is 0 Å². The first-order valence-corrected chi connectivity index (χ1v) is 7.63. The molecule has 0 saturated heterocycles. The van der Waals surface area contributed by atoms with Crippen LogP contribution in [0, 0.1) is 10.1 Å². The highest BCUT2D eigenvalue weighted by Crippen LogP contribution is 2.28. The Hall–Kier alpha value is -1.59. The van der Waals surface area contributed by atoms with Crippen LogP contribution in [-0.4, -0.2) is 12.0 Å². The molecule has 0 aliphatic heterocycles. The third-order valence-corrected chi connectivity index (χ3v) is 4.26. The van der Waals surface area contributed by atoms with Crippen molar-refractivity contribution >= 4 is 38.9 Å². The van der Waals surface area contributed by atoms with Gasteiger partial charge in [-0.1, -0.05) is 34.1 Å². The third-order valence-electron chi connectivity index (χ3n) is 3.19.